The lowest BCUT2D eigenvalue weighted by Crippen LogP contribution is -2.51. The summed E-state index contributed by atoms with van der Waals surface area (Å²) in [6, 6.07) is 9.16. The van der Waals surface area contributed by atoms with E-state index >= 15 is 0 Å². The van der Waals surface area contributed by atoms with E-state index in [2.05, 4.69) is 5.10 Å². The van der Waals surface area contributed by atoms with Gasteiger partial charge in [-0.3, -0.25) is 4.79 Å². The van der Waals surface area contributed by atoms with Crippen molar-refractivity contribution in [3.8, 4) is 11.4 Å². The first-order valence-electron chi connectivity index (χ1n) is 9.47. The number of carbonyl (C=O) groups excluding carboxylic acids is 2. The van der Waals surface area contributed by atoms with Crippen molar-refractivity contribution < 1.29 is 27.5 Å². The summed E-state index contributed by atoms with van der Waals surface area (Å²) in [6.07, 6.45) is 2.67. The minimum absolute atomic E-state index is 0.0181. The zero-order valence-corrected chi connectivity index (χ0v) is 17.7. The molecule has 0 N–H and O–H groups in total. The third kappa shape index (κ3) is 5.16. The molecule has 10 nitrogen and oxygen atoms in total. The van der Waals surface area contributed by atoms with Crippen LogP contribution in [-0.4, -0.2) is 84.9 Å². The van der Waals surface area contributed by atoms with Gasteiger partial charge in [-0.1, -0.05) is 18.2 Å². The Balaban J connectivity index is 1.69. The van der Waals surface area contributed by atoms with Crippen LogP contribution < -0.4 is 4.74 Å². The molecule has 1 amide bonds. The number of carbonyl (C=O) groups is 2. The standard InChI is InChI=1S/C19H24N4O6S/c1-3-28-19(25)18-16(13-23(20-18)15-7-5-4-6-8-15)29-14-17(24)21-9-11-22(12-10-21)30(2,26)27/h4-8,13H,3,9-12,14H2,1-2H3. The molecular weight excluding hydrogens is 412 g/mol. The molecule has 0 saturated carbocycles. The SMILES string of the molecule is CCOC(=O)c1nn(-c2ccccc2)cc1OCC(=O)N1CCN(S(C)(=O)=O)CC1. The third-order valence-corrected chi connectivity index (χ3v) is 5.88. The van der Waals surface area contributed by atoms with Crippen LogP contribution in [0.3, 0.4) is 0 Å². The van der Waals surface area contributed by atoms with Crippen molar-refractivity contribution in [3.63, 3.8) is 0 Å². The highest BCUT2D eigenvalue weighted by Gasteiger charge is 2.27. The Morgan fingerprint density at radius 1 is 1.10 bits per heavy atom. The summed E-state index contributed by atoms with van der Waals surface area (Å²) in [5.41, 5.74) is 0.705. The number of piperazine rings is 1. The molecule has 1 saturated heterocycles. The molecule has 3 rings (SSSR count). The first-order valence-corrected chi connectivity index (χ1v) is 11.3. The quantitative estimate of drug-likeness (QED) is 0.582. The van der Waals surface area contributed by atoms with Crippen LogP contribution in [0.2, 0.25) is 0 Å². The lowest BCUT2D eigenvalue weighted by atomic mass is 10.3. The fraction of sp³-hybridized carbons (Fsp3) is 0.421. The Morgan fingerprint density at radius 3 is 2.37 bits per heavy atom. The van der Waals surface area contributed by atoms with Crippen molar-refractivity contribution in [1.82, 2.24) is 19.0 Å². The zero-order valence-electron chi connectivity index (χ0n) is 16.9. The van der Waals surface area contributed by atoms with Crippen LogP contribution in [0.1, 0.15) is 17.4 Å². The molecule has 0 unspecified atom stereocenters. The average Bonchev–Trinajstić information content (AvgIpc) is 3.17. The molecule has 0 radical (unpaired) electrons. The molecule has 1 aromatic heterocycles. The number of hydrogen-bond donors (Lipinski definition) is 0. The number of aromatic nitrogens is 2. The summed E-state index contributed by atoms with van der Waals surface area (Å²) in [4.78, 5) is 26.3. The normalized spacial score (nSPS) is 15.1. The number of rotatable bonds is 7. The van der Waals surface area contributed by atoms with Crippen LogP contribution in [0.5, 0.6) is 5.75 Å². The third-order valence-electron chi connectivity index (χ3n) is 4.58. The molecule has 0 spiro atoms. The summed E-state index contributed by atoms with van der Waals surface area (Å²) >= 11 is 0. The summed E-state index contributed by atoms with van der Waals surface area (Å²) in [6.45, 7) is 2.61. The van der Waals surface area contributed by atoms with E-state index in [0.717, 1.165) is 11.9 Å². The van der Waals surface area contributed by atoms with Crippen LogP contribution in [0.25, 0.3) is 5.69 Å². The van der Waals surface area contributed by atoms with Gasteiger partial charge in [-0.05, 0) is 19.1 Å². The summed E-state index contributed by atoms with van der Waals surface area (Å²) in [5.74, 6) is -0.803. The lowest BCUT2D eigenvalue weighted by Gasteiger charge is -2.33. The highest BCUT2D eigenvalue weighted by molar-refractivity contribution is 7.88. The van der Waals surface area contributed by atoms with Crippen LogP contribution in [0.4, 0.5) is 0 Å². The highest BCUT2D eigenvalue weighted by Crippen LogP contribution is 2.21. The summed E-state index contributed by atoms with van der Waals surface area (Å²) in [5, 5.41) is 4.25. The molecule has 1 fully saturated rings. The molecule has 0 aliphatic carbocycles. The van der Waals surface area contributed by atoms with Crippen LogP contribution >= 0.6 is 0 Å². The molecular formula is C19H24N4O6S. The maximum atomic E-state index is 12.5. The predicted octanol–water partition coefficient (Wildman–Crippen LogP) is 0.532. The maximum Gasteiger partial charge on any atom is 0.362 e. The predicted molar refractivity (Wildman–Crippen MR) is 108 cm³/mol. The molecule has 1 aliphatic heterocycles. The van der Waals surface area contributed by atoms with E-state index in [-0.39, 0.29) is 56.7 Å². The molecule has 0 atom stereocenters. The Morgan fingerprint density at radius 2 is 1.77 bits per heavy atom. The van der Waals surface area contributed by atoms with Crippen LogP contribution in [-0.2, 0) is 19.6 Å². The fourth-order valence-electron chi connectivity index (χ4n) is 3.02. The van der Waals surface area contributed by atoms with Gasteiger partial charge in [0, 0.05) is 26.2 Å². The Labute approximate surface area is 175 Å². The number of nitrogens with zero attached hydrogens (tertiary/aromatic N) is 4. The molecule has 2 heterocycles. The summed E-state index contributed by atoms with van der Waals surface area (Å²) in [7, 11) is -3.27. The molecule has 1 aliphatic rings. The zero-order chi connectivity index (χ0) is 21.7. The van der Waals surface area contributed by atoms with Crippen molar-refractivity contribution in [1.29, 1.82) is 0 Å². The van der Waals surface area contributed by atoms with E-state index in [1.165, 1.54) is 20.1 Å². The average molecular weight is 436 g/mol. The van der Waals surface area contributed by atoms with E-state index in [1.54, 1.807) is 6.92 Å². The number of hydrogen-bond acceptors (Lipinski definition) is 7. The van der Waals surface area contributed by atoms with Gasteiger partial charge in [-0.2, -0.15) is 9.40 Å². The van der Waals surface area contributed by atoms with Crippen molar-refractivity contribution >= 4 is 21.9 Å². The first kappa shape index (κ1) is 21.8. The van der Waals surface area contributed by atoms with Gasteiger partial charge in [-0.15, -0.1) is 0 Å². The van der Waals surface area contributed by atoms with Gasteiger partial charge in [0.15, 0.2) is 12.4 Å². The van der Waals surface area contributed by atoms with Crippen molar-refractivity contribution in [2.45, 2.75) is 6.92 Å². The fourth-order valence-corrected chi connectivity index (χ4v) is 3.84. The number of benzene rings is 1. The minimum atomic E-state index is -3.27. The largest absolute Gasteiger partial charge is 0.480 e. The number of esters is 1. The number of ether oxygens (including phenoxy) is 2. The molecule has 2 aromatic rings. The summed E-state index contributed by atoms with van der Waals surface area (Å²) < 4.78 is 36.6. The number of amides is 1. The first-order chi connectivity index (χ1) is 14.3. The van der Waals surface area contributed by atoms with Gasteiger partial charge in [0.05, 0.1) is 24.7 Å². The van der Waals surface area contributed by atoms with E-state index in [9.17, 15) is 18.0 Å². The topological polar surface area (TPSA) is 111 Å². The van der Waals surface area contributed by atoms with E-state index in [4.69, 9.17) is 9.47 Å². The van der Waals surface area contributed by atoms with Crippen molar-refractivity contribution in [2.75, 3.05) is 45.6 Å². The van der Waals surface area contributed by atoms with Crippen molar-refractivity contribution in [2.24, 2.45) is 0 Å². The van der Waals surface area contributed by atoms with E-state index in [0.29, 0.717) is 0 Å². The van der Waals surface area contributed by atoms with Gasteiger partial charge in [0.25, 0.3) is 5.91 Å². The highest BCUT2D eigenvalue weighted by atomic mass is 32.2. The molecule has 30 heavy (non-hydrogen) atoms. The van der Waals surface area contributed by atoms with Gasteiger partial charge < -0.3 is 14.4 Å². The maximum absolute atomic E-state index is 12.5. The minimum Gasteiger partial charge on any atom is -0.480 e. The molecule has 1 aromatic carbocycles. The van der Waals surface area contributed by atoms with Crippen molar-refractivity contribution in [3.05, 3.63) is 42.2 Å². The second-order valence-electron chi connectivity index (χ2n) is 6.67. The monoisotopic (exact) mass is 436 g/mol. The number of para-hydroxylation sites is 1. The number of sulfonamides is 1. The van der Waals surface area contributed by atoms with Gasteiger partial charge in [0.2, 0.25) is 15.7 Å². The van der Waals surface area contributed by atoms with Crippen LogP contribution in [0.15, 0.2) is 36.5 Å². The molecule has 0 bridgehead atoms. The van der Waals surface area contributed by atoms with E-state index < -0.39 is 16.0 Å². The van der Waals surface area contributed by atoms with Gasteiger partial charge in [0.1, 0.15) is 0 Å². The smallest absolute Gasteiger partial charge is 0.362 e. The Hall–Kier alpha value is -2.92. The Kier molecular flexibility index (Phi) is 6.73. The van der Waals surface area contributed by atoms with E-state index in [1.807, 2.05) is 30.3 Å². The Bertz CT molecular complexity index is 997. The van der Waals surface area contributed by atoms with Crippen LogP contribution in [0, 0.1) is 0 Å². The lowest BCUT2D eigenvalue weighted by molar-refractivity contribution is -0.134. The molecule has 162 valence electrons. The van der Waals surface area contributed by atoms with Gasteiger partial charge >= 0.3 is 5.97 Å². The van der Waals surface area contributed by atoms with Gasteiger partial charge in [-0.25, -0.2) is 17.9 Å². The second kappa shape index (κ2) is 9.26. The molecule has 11 heteroatoms. The second-order valence-corrected chi connectivity index (χ2v) is 8.66.